The Kier molecular flexibility index (Phi) is 5.80. The standard InChI is InChI=1S/C20H18ClF3N2O3S/c1-19(2)12-26(11-18(19)29-16-6-4-15(21)5-7-16)30(27,28)17-8-3-14(20(22,23)24)9-13(17)10-25/h3-9,18H,11-12H2,1-2H3/t18-/m0/s1. The fourth-order valence-corrected chi connectivity index (χ4v) is 5.13. The highest BCUT2D eigenvalue weighted by molar-refractivity contribution is 7.89. The lowest BCUT2D eigenvalue weighted by Gasteiger charge is -2.26. The SMILES string of the molecule is CC1(C)CN(S(=O)(=O)c2ccc(C(F)(F)F)cc2C#N)C[C@@H]1Oc1ccc(Cl)cc1. The summed E-state index contributed by atoms with van der Waals surface area (Å²) in [5, 5.41) is 9.78. The summed E-state index contributed by atoms with van der Waals surface area (Å²) < 4.78 is 72.1. The van der Waals surface area contributed by atoms with Crippen LogP contribution in [0.25, 0.3) is 0 Å². The summed E-state index contributed by atoms with van der Waals surface area (Å²) in [5.41, 5.74) is -2.21. The van der Waals surface area contributed by atoms with Crippen molar-refractivity contribution in [1.82, 2.24) is 4.31 Å². The van der Waals surface area contributed by atoms with Crippen LogP contribution in [-0.4, -0.2) is 31.9 Å². The molecule has 3 rings (SSSR count). The van der Waals surface area contributed by atoms with Gasteiger partial charge < -0.3 is 4.74 Å². The highest BCUT2D eigenvalue weighted by Gasteiger charge is 2.46. The van der Waals surface area contributed by atoms with Crippen molar-refractivity contribution in [1.29, 1.82) is 5.26 Å². The molecule has 0 saturated carbocycles. The van der Waals surface area contributed by atoms with Crippen molar-refractivity contribution < 1.29 is 26.3 Å². The van der Waals surface area contributed by atoms with Crippen molar-refractivity contribution in [2.24, 2.45) is 5.41 Å². The quantitative estimate of drug-likeness (QED) is 0.665. The van der Waals surface area contributed by atoms with E-state index in [0.29, 0.717) is 22.9 Å². The van der Waals surface area contributed by atoms with Crippen molar-refractivity contribution >= 4 is 21.6 Å². The molecule has 0 amide bonds. The Bertz CT molecular complexity index is 1090. The van der Waals surface area contributed by atoms with Gasteiger partial charge in [0.1, 0.15) is 17.9 Å². The van der Waals surface area contributed by atoms with Gasteiger partial charge in [-0.15, -0.1) is 0 Å². The number of nitrogens with zero attached hydrogens (tertiary/aromatic N) is 2. The Balaban J connectivity index is 1.90. The fourth-order valence-electron chi connectivity index (χ4n) is 3.27. The molecule has 2 aromatic carbocycles. The van der Waals surface area contributed by atoms with E-state index in [1.807, 2.05) is 13.8 Å². The van der Waals surface area contributed by atoms with E-state index >= 15 is 0 Å². The number of hydrogen-bond donors (Lipinski definition) is 0. The summed E-state index contributed by atoms with van der Waals surface area (Å²) in [6.45, 7) is 3.74. The molecule has 0 spiro atoms. The summed E-state index contributed by atoms with van der Waals surface area (Å²) in [4.78, 5) is -0.457. The summed E-state index contributed by atoms with van der Waals surface area (Å²) in [7, 11) is -4.20. The zero-order valence-electron chi connectivity index (χ0n) is 16.1. The lowest BCUT2D eigenvalue weighted by molar-refractivity contribution is -0.137. The maximum absolute atomic E-state index is 13.1. The second-order valence-electron chi connectivity index (χ2n) is 7.67. The number of sulfonamides is 1. The third kappa shape index (κ3) is 4.41. The molecular formula is C20H18ClF3N2O3S. The van der Waals surface area contributed by atoms with Crippen molar-refractivity contribution in [3.8, 4) is 11.8 Å². The maximum Gasteiger partial charge on any atom is 0.416 e. The van der Waals surface area contributed by atoms with Gasteiger partial charge >= 0.3 is 6.18 Å². The van der Waals surface area contributed by atoms with Gasteiger partial charge in [0, 0.05) is 17.0 Å². The number of hydrogen-bond acceptors (Lipinski definition) is 4. The first-order valence-corrected chi connectivity index (χ1v) is 10.7. The van der Waals surface area contributed by atoms with Crippen LogP contribution in [0.5, 0.6) is 5.75 Å². The molecule has 0 aromatic heterocycles. The van der Waals surface area contributed by atoms with E-state index in [2.05, 4.69) is 0 Å². The van der Waals surface area contributed by atoms with E-state index in [-0.39, 0.29) is 13.1 Å². The molecule has 160 valence electrons. The number of rotatable bonds is 4. The number of ether oxygens (including phenoxy) is 1. The first-order chi connectivity index (χ1) is 13.8. The van der Waals surface area contributed by atoms with Gasteiger partial charge in [0.2, 0.25) is 10.0 Å². The summed E-state index contributed by atoms with van der Waals surface area (Å²) in [6, 6.07) is 10.2. The highest BCUT2D eigenvalue weighted by atomic mass is 35.5. The molecule has 1 atom stereocenters. The van der Waals surface area contributed by atoms with E-state index in [4.69, 9.17) is 16.3 Å². The van der Waals surface area contributed by atoms with Crippen LogP contribution in [0.4, 0.5) is 13.2 Å². The first kappa shape index (κ1) is 22.4. The minimum absolute atomic E-state index is 0.0101. The molecule has 0 radical (unpaired) electrons. The van der Waals surface area contributed by atoms with Gasteiger partial charge in [0.05, 0.1) is 22.6 Å². The minimum atomic E-state index is -4.68. The van der Waals surface area contributed by atoms with Gasteiger partial charge in [-0.25, -0.2) is 8.42 Å². The predicted molar refractivity (Wildman–Crippen MR) is 105 cm³/mol. The molecule has 0 N–H and O–H groups in total. The normalized spacial score (nSPS) is 19.4. The molecule has 1 aliphatic rings. The van der Waals surface area contributed by atoms with Gasteiger partial charge in [0.15, 0.2) is 0 Å². The number of nitriles is 1. The van der Waals surface area contributed by atoms with Crippen LogP contribution in [0, 0.1) is 16.7 Å². The lowest BCUT2D eigenvalue weighted by Crippen LogP contribution is -2.32. The average Bonchev–Trinajstić information content (AvgIpc) is 2.97. The topological polar surface area (TPSA) is 70.4 Å². The monoisotopic (exact) mass is 458 g/mol. The highest BCUT2D eigenvalue weighted by Crippen LogP contribution is 2.38. The molecule has 1 heterocycles. The Morgan fingerprint density at radius 2 is 1.83 bits per heavy atom. The number of benzene rings is 2. The molecule has 2 aromatic rings. The van der Waals surface area contributed by atoms with Crippen molar-refractivity contribution in [3.05, 3.63) is 58.6 Å². The summed E-state index contributed by atoms with van der Waals surface area (Å²) in [6.07, 6.45) is -5.19. The Morgan fingerprint density at radius 3 is 2.40 bits per heavy atom. The first-order valence-electron chi connectivity index (χ1n) is 8.88. The Labute approximate surface area is 177 Å². The lowest BCUT2D eigenvalue weighted by atomic mass is 9.90. The Hall–Kier alpha value is -2.28. The maximum atomic E-state index is 13.1. The molecule has 1 saturated heterocycles. The Morgan fingerprint density at radius 1 is 1.20 bits per heavy atom. The van der Waals surface area contributed by atoms with Crippen LogP contribution in [0.3, 0.4) is 0 Å². The second-order valence-corrected chi connectivity index (χ2v) is 10.0. The molecular weight excluding hydrogens is 441 g/mol. The van der Waals surface area contributed by atoms with E-state index in [9.17, 15) is 26.9 Å². The predicted octanol–water partition coefficient (Wildman–Crippen LogP) is 4.71. The van der Waals surface area contributed by atoms with Crippen LogP contribution in [0.15, 0.2) is 47.4 Å². The van der Waals surface area contributed by atoms with E-state index in [0.717, 1.165) is 10.4 Å². The fraction of sp³-hybridized carbons (Fsp3) is 0.350. The van der Waals surface area contributed by atoms with Gasteiger partial charge in [-0.3, -0.25) is 0 Å². The van der Waals surface area contributed by atoms with Crippen LogP contribution in [0.2, 0.25) is 5.02 Å². The minimum Gasteiger partial charge on any atom is -0.488 e. The second kappa shape index (κ2) is 7.76. The van der Waals surface area contributed by atoms with Crippen molar-refractivity contribution in [2.75, 3.05) is 13.1 Å². The summed E-state index contributed by atoms with van der Waals surface area (Å²) >= 11 is 5.86. The van der Waals surface area contributed by atoms with Gasteiger partial charge in [-0.1, -0.05) is 25.4 Å². The third-order valence-electron chi connectivity index (χ3n) is 4.96. The molecule has 0 unspecified atom stereocenters. The molecule has 10 heteroatoms. The van der Waals surface area contributed by atoms with Crippen LogP contribution < -0.4 is 4.74 Å². The van der Waals surface area contributed by atoms with E-state index in [1.165, 1.54) is 0 Å². The molecule has 30 heavy (non-hydrogen) atoms. The van der Waals surface area contributed by atoms with Crippen LogP contribution in [0.1, 0.15) is 25.0 Å². The molecule has 1 aliphatic heterocycles. The number of alkyl halides is 3. The zero-order valence-corrected chi connectivity index (χ0v) is 17.6. The number of halogens is 4. The largest absolute Gasteiger partial charge is 0.488 e. The van der Waals surface area contributed by atoms with Crippen LogP contribution in [-0.2, 0) is 16.2 Å². The van der Waals surface area contributed by atoms with Gasteiger partial charge in [0.25, 0.3) is 0 Å². The van der Waals surface area contributed by atoms with E-state index in [1.54, 1.807) is 30.3 Å². The molecule has 1 fully saturated rings. The van der Waals surface area contributed by atoms with Gasteiger partial charge in [-0.2, -0.15) is 22.7 Å². The van der Waals surface area contributed by atoms with Crippen molar-refractivity contribution in [3.63, 3.8) is 0 Å². The molecule has 5 nitrogen and oxygen atoms in total. The van der Waals surface area contributed by atoms with E-state index < -0.39 is 43.7 Å². The zero-order chi connectivity index (χ0) is 22.3. The van der Waals surface area contributed by atoms with Gasteiger partial charge in [-0.05, 0) is 42.5 Å². The third-order valence-corrected chi connectivity index (χ3v) is 7.08. The van der Waals surface area contributed by atoms with Crippen LogP contribution >= 0.6 is 11.6 Å². The molecule has 0 aliphatic carbocycles. The smallest absolute Gasteiger partial charge is 0.416 e. The average molecular weight is 459 g/mol. The summed E-state index contributed by atoms with van der Waals surface area (Å²) in [5.74, 6) is 0.518. The van der Waals surface area contributed by atoms with Crippen molar-refractivity contribution in [2.45, 2.75) is 31.0 Å². The molecule has 0 bridgehead atoms.